The van der Waals surface area contributed by atoms with Gasteiger partial charge in [-0.3, -0.25) is 4.79 Å². The van der Waals surface area contributed by atoms with E-state index in [2.05, 4.69) is 10.6 Å². The van der Waals surface area contributed by atoms with E-state index >= 15 is 0 Å². The Morgan fingerprint density at radius 2 is 2.22 bits per heavy atom. The van der Waals surface area contributed by atoms with Crippen LogP contribution in [-0.2, 0) is 11.3 Å². The number of benzene rings is 1. The van der Waals surface area contributed by atoms with Crippen LogP contribution in [0.3, 0.4) is 0 Å². The minimum Gasteiger partial charge on any atom is -0.454 e. The Balaban J connectivity index is 1.84. The summed E-state index contributed by atoms with van der Waals surface area (Å²) in [6.07, 6.45) is 0. The van der Waals surface area contributed by atoms with E-state index < -0.39 is 0 Å². The summed E-state index contributed by atoms with van der Waals surface area (Å²) >= 11 is 0. The summed E-state index contributed by atoms with van der Waals surface area (Å²) in [6, 6.07) is 5.91. The summed E-state index contributed by atoms with van der Waals surface area (Å²) in [7, 11) is 0. The third-order valence-corrected chi connectivity index (χ3v) is 2.53. The molecule has 18 heavy (non-hydrogen) atoms. The molecule has 0 bridgehead atoms. The van der Waals surface area contributed by atoms with Crippen LogP contribution in [0.4, 0.5) is 0 Å². The number of rotatable bonds is 5. The molecule has 0 spiro atoms. The van der Waals surface area contributed by atoms with Crippen molar-refractivity contribution in [3.63, 3.8) is 0 Å². The molecule has 0 aliphatic carbocycles. The molecule has 0 atom stereocenters. The third-order valence-electron chi connectivity index (χ3n) is 2.53. The Bertz CT molecular complexity index is 432. The van der Waals surface area contributed by atoms with Gasteiger partial charge in [-0.15, -0.1) is 0 Å². The summed E-state index contributed by atoms with van der Waals surface area (Å²) in [5.74, 6) is 1.53. The van der Waals surface area contributed by atoms with Crippen LogP contribution in [-0.4, -0.2) is 25.3 Å². The molecule has 0 saturated carbocycles. The predicted octanol–water partition coefficient (Wildman–Crippen LogP) is 1.03. The van der Waals surface area contributed by atoms with Crippen LogP contribution in [0.15, 0.2) is 18.2 Å². The lowest BCUT2D eigenvalue weighted by atomic mass is 10.2. The van der Waals surface area contributed by atoms with Gasteiger partial charge < -0.3 is 20.1 Å². The molecule has 5 nitrogen and oxygen atoms in total. The number of hydrogen-bond donors (Lipinski definition) is 2. The highest BCUT2D eigenvalue weighted by Gasteiger charge is 2.16. The van der Waals surface area contributed by atoms with Gasteiger partial charge >= 0.3 is 0 Å². The van der Waals surface area contributed by atoms with E-state index in [-0.39, 0.29) is 18.7 Å². The highest BCUT2D eigenvalue weighted by Crippen LogP contribution is 2.34. The van der Waals surface area contributed by atoms with E-state index in [9.17, 15) is 4.79 Å². The van der Waals surface area contributed by atoms with E-state index in [0.29, 0.717) is 13.1 Å². The monoisotopic (exact) mass is 250 g/mol. The number of fused-ring (bicyclic) bond motifs is 1. The number of carbonyl (C=O) groups is 1. The van der Waals surface area contributed by atoms with Crippen LogP contribution in [0.25, 0.3) is 0 Å². The van der Waals surface area contributed by atoms with Crippen molar-refractivity contribution < 1.29 is 14.3 Å². The van der Waals surface area contributed by atoms with Crippen molar-refractivity contribution in [2.24, 2.45) is 0 Å². The quantitative estimate of drug-likeness (QED) is 0.819. The standard InChI is InChI=1S/C13H18N2O3/c1-9(2)15-12(16)7-14-6-10-4-3-5-11-13(10)18-8-17-11/h3-5,9,14H,6-8H2,1-2H3,(H,15,16). The second-order valence-electron chi connectivity index (χ2n) is 4.48. The average molecular weight is 250 g/mol. The van der Waals surface area contributed by atoms with Gasteiger partial charge in [0.05, 0.1) is 6.54 Å². The van der Waals surface area contributed by atoms with Crippen molar-refractivity contribution in [1.29, 1.82) is 0 Å². The van der Waals surface area contributed by atoms with Gasteiger partial charge in [-0.25, -0.2) is 0 Å². The van der Waals surface area contributed by atoms with Gasteiger partial charge in [0, 0.05) is 18.2 Å². The van der Waals surface area contributed by atoms with Crippen LogP contribution in [0.1, 0.15) is 19.4 Å². The molecule has 0 fully saturated rings. The van der Waals surface area contributed by atoms with Crippen molar-refractivity contribution in [2.45, 2.75) is 26.4 Å². The fraction of sp³-hybridized carbons (Fsp3) is 0.462. The highest BCUT2D eigenvalue weighted by atomic mass is 16.7. The lowest BCUT2D eigenvalue weighted by Gasteiger charge is -2.10. The van der Waals surface area contributed by atoms with Crippen LogP contribution in [0, 0.1) is 0 Å². The summed E-state index contributed by atoms with van der Waals surface area (Å²) in [5, 5.41) is 5.91. The number of ether oxygens (including phenoxy) is 2. The van der Waals surface area contributed by atoms with Crippen LogP contribution < -0.4 is 20.1 Å². The molecule has 0 saturated heterocycles. The molecular formula is C13H18N2O3. The first-order chi connectivity index (χ1) is 8.66. The summed E-state index contributed by atoms with van der Waals surface area (Å²) < 4.78 is 10.7. The molecule has 2 rings (SSSR count). The van der Waals surface area contributed by atoms with Gasteiger partial charge in [-0.05, 0) is 19.9 Å². The van der Waals surface area contributed by atoms with Gasteiger partial charge in [-0.1, -0.05) is 12.1 Å². The van der Waals surface area contributed by atoms with Crippen molar-refractivity contribution >= 4 is 5.91 Å². The van der Waals surface area contributed by atoms with Crippen molar-refractivity contribution in [1.82, 2.24) is 10.6 Å². The first-order valence-electron chi connectivity index (χ1n) is 6.04. The lowest BCUT2D eigenvalue weighted by Crippen LogP contribution is -2.37. The van der Waals surface area contributed by atoms with Crippen molar-refractivity contribution in [3.05, 3.63) is 23.8 Å². The van der Waals surface area contributed by atoms with Gasteiger partial charge in [0.2, 0.25) is 12.7 Å². The lowest BCUT2D eigenvalue weighted by molar-refractivity contribution is -0.120. The molecule has 1 amide bonds. The van der Waals surface area contributed by atoms with E-state index in [0.717, 1.165) is 17.1 Å². The normalized spacial score (nSPS) is 12.8. The minimum atomic E-state index is -0.00487. The number of nitrogens with one attached hydrogen (secondary N) is 2. The van der Waals surface area contributed by atoms with Crippen LogP contribution in [0.2, 0.25) is 0 Å². The molecule has 1 aromatic rings. The fourth-order valence-corrected chi connectivity index (χ4v) is 1.81. The second-order valence-corrected chi connectivity index (χ2v) is 4.48. The highest BCUT2D eigenvalue weighted by molar-refractivity contribution is 5.78. The third kappa shape index (κ3) is 3.13. The van der Waals surface area contributed by atoms with E-state index in [1.54, 1.807) is 0 Å². The van der Waals surface area contributed by atoms with Gasteiger partial charge in [0.15, 0.2) is 11.5 Å². The van der Waals surface area contributed by atoms with Gasteiger partial charge in [-0.2, -0.15) is 0 Å². The van der Waals surface area contributed by atoms with Gasteiger partial charge in [0.25, 0.3) is 0 Å². The molecule has 98 valence electrons. The first-order valence-corrected chi connectivity index (χ1v) is 6.04. The molecule has 0 radical (unpaired) electrons. The van der Waals surface area contributed by atoms with E-state index in [1.807, 2.05) is 32.0 Å². The Hall–Kier alpha value is -1.75. The molecule has 0 unspecified atom stereocenters. The summed E-state index contributed by atoms with van der Waals surface area (Å²) in [6.45, 7) is 5.02. The number of amides is 1. The Labute approximate surface area is 106 Å². The molecule has 5 heteroatoms. The van der Waals surface area contributed by atoms with E-state index in [4.69, 9.17) is 9.47 Å². The zero-order chi connectivity index (χ0) is 13.0. The summed E-state index contributed by atoms with van der Waals surface area (Å²) in [5.41, 5.74) is 1.00. The van der Waals surface area contributed by atoms with Crippen molar-refractivity contribution in [2.75, 3.05) is 13.3 Å². The maximum absolute atomic E-state index is 11.4. The molecular weight excluding hydrogens is 232 g/mol. The molecule has 1 heterocycles. The Morgan fingerprint density at radius 1 is 1.39 bits per heavy atom. The Morgan fingerprint density at radius 3 is 3.00 bits per heavy atom. The SMILES string of the molecule is CC(C)NC(=O)CNCc1cccc2c1OCO2. The maximum atomic E-state index is 11.4. The second kappa shape index (κ2) is 5.73. The molecule has 1 aliphatic rings. The molecule has 2 N–H and O–H groups in total. The van der Waals surface area contributed by atoms with Crippen molar-refractivity contribution in [3.8, 4) is 11.5 Å². The topological polar surface area (TPSA) is 59.6 Å². The number of hydrogen-bond acceptors (Lipinski definition) is 4. The maximum Gasteiger partial charge on any atom is 0.234 e. The number of carbonyl (C=O) groups excluding carboxylic acids is 1. The average Bonchev–Trinajstić information content (AvgIpc) is 2.76. The summed E-state index contributed by atoms with van der Waals surface area (Å²) in [4.78, 5) is 11.4. The van der Waals surface area contributed by atoms with E-state index in [1.165, 1.54) is 0 Å². The molecule has 1 aliphatic heterocycles. The fourth-order valence-electron chi connectivity index (χ4n) is 1.81. The first kappa shape index (κ1) is 12.7. The zero-order valence-electron chi connectivity index (χ0n) is 10.7. The van der Waals surface area contributed by atoms with Gasteiger partial charge in [0.1, 0.15) is 0 Å². The zero-order valence-corrected chi connectivity index (χ0v) is 10.7. The van der Waals surface area contributed by atoms with Crippen LogP contribution >= 0.6 is 0 Å². The number of para-hydroxylation sites is 1. The largest absolute Gasteiger partial charge is 0.454 e. The van der Waals surface area contributed by atoms with Crippen LogP contribution in [0.5, 0.6) is 11.5 Å². The molecule has 1 aromatic carbocycles. The smallest absolute Gasteiger partial charge is 0.234 e. The Kier molecular flexibility index (Phi) is 4.04. The molecule has 0 aromatic heterocycles. The minimum absolute atomic E-state index is 0.00487. The predicted molar refractivity (Wildman–Crippen MR) is 67.6 cm³/mol.